The van der Waals surface area contributed by atoms with E-state index < -0.39 is 0 Å². The SMILES string of the molecule is CCC(Sc1cccc(NC(=O)c2cccc(OC)c2)c1)C(=O)Nc1nc(-c2ccc(Cl)c(Cl)c2)cs1. The second kappa shape index (κ2) is 12.5. The summed E-state index contributed by atoms with van der Waals surface area (Å²) in [5.74, 6) is 0.221. The Balaban J connectivity index is 1.40. The Morgan fingerprint density at radius 1 is 1.03 bits per heavy atom. The number of thioether (sulfide) groups is 1. The molecule has 2 amide bonds. The average Bonchev–Trinajstić information content (AvgIpc) is 3.37. The molecule has 10 heteroatoms. The molecule has 37 heavy (non-hydrogen) atoms. The average molecular weight is 573 g/mol. The Morgan fingerprint density at radius 2 is 1.84 bits per heavy atom. The van der Waals surface area contributed by atoms with Gasteiger partial charge in [-0.3, -0.25) is 9.59 Å². The lowest BCUT2D eigenvalue weighted by Gasteiger charge is -2.14. The Morgan fingerprint density at radius 3 is 2.59 bits per heavy atom. The summed E-state index contributed by atoms with van der Waals surface area (Å²) in [5, 5.41) is 8.75. The van der Waals surface area contributed by atoms with Crippen molar-refractivity contribution in [3.05, 3.63) is 87.7 Å². The van der Waals surface area contributed by atoms with Gasteiger partial charge in [0.1, 0.15) is 5.75 Å². The molecule has 1 unspecified atom stereocenters. The zero-order chi connectivity index (χ0) is 26.4. The predicted molar refractivity (Wildman–Crippen MR) is 154 cm³/mol. The van der Waals surface area contributed by atoms with Gasteiger partial charge in [0.15, 0.2) is 5.13 Å². The molecule has 0 bridgehead atoms. The molecular weight excluding hydrogens is 549 g/mol. The minimum atomic E-state index is -0.346. The van der Waals surface area contributed by atoms with Gasteiger partial charge in [0.05, 0.1) is 28.1 Å². The van der Waals surface area contributed by atoms with E-state index in [1.165, 1.54) is 23.1 Å². The van der Waals surface area contributed by atoms with E-state index >= 15 is 0 Å². The number of aromatic nitrogens is 1. The van der Waals surface area contributed by atoms with Crippen LogP contribution in [0.1, 0.15) is 23.7 Å². The summed E-state index contributed by atoms with van der Waals surface area (Å²) in [7, 11) is 1.56. The molecule has 0 saturated heterocycles. The number of ether oxygens (including phenoxy) is 1. The van der Waals surface area contributed by atoms with Crippen molar-refractivity contribution in [1.82, 2.24) is 4.98 Å². The number of methoxy groups -OCH3 is 1. The smallest absolute Gasteiger partial charge is 0.255 e. The summed E-state index contributed by atoms with van der Waals surface area (Å²) in [6.07, 6.45) is 0.613. The third-order valence-electron chi connectivity index (χ3n) is 5.32. The van der Waals surface area contributed by atoms with Crippen molar-refractivity contribution in [3.63, 3.8) is 0 Å². The van der Waals surface area contributed by atoms with Crippen LogP contribution in [-0.4, -0.2) is 29.2 Å². The summed E-state index contributed by atoms with van der Waals surface area (Å²) < 4.78 is 5.19. The van der Waals surface area contributed by atoms with Crippen molar-refractivity contribution >= 4 is 68.9 Å². The van der Waals surface area contributed by atoms with Crippen molar-refractivity contribution in [3.8, 4) is 17.0 Å². The molecule has 0 saturated carbocycles. The lowest BCUT2D eigenvalue weighted by atomic mass is 10.2. The molecule has 0 spiro atoms. The van der Waals surface area contributed by atoms with Crippen LogP contribution in [0.4, 0.5) is 10.8 Å². The summed E-state index contributed by atoms with van der Waals surface area (Å²) in [6.45, 7) is 1.95. The lowest BCUT2D eigenvalue weighted by molar-refractivity contribution is -0.115. The Kier molecular flexibility index (Phi) is 9.10. The molecule has 0 radical (unpaired) electrons. The molecule has 4 aromatic rings. The van der Waals surface area contributed by atoms with Crippen molar-refractivity contribution < 1.29 is 14.3 Å². The van der Waals surface area contributed by atoms with E-state index in [0.717, 1.165) is 10.5 Å². The van der Waals surface area contributed by atoms with Gasteiger partial charge in [0.25, 0.3) is 5.91 Å². The number of anilines is 2. The number of rotatable bonds is 9. The van der Waals surface area contributed by atoms with Crippen LogP contribution >= 0.6 is 46.3 Å². The molecule has 2 N–H and O–H groups in total. The quantitative estimate of drug-likeness (QED) is 0.200. The van der Waals surface area contributed by atoms with Gasteiger partial charge >= 0.3 is 0 Å². The lowest BCUT2D eigenvalue weighted by Crippen LogP contribution is -2.24. The van der Waals surface area contributed by atoms with Gasteiger partial charge in [-0.25, -0.2) is 4.98 Å². The fourth-order valence-electron chi connectivity index (χ4n) is 3.41. The van der Waals surface area contributed by atoms with Crippen LogP contribution in [-0.2, 0) is 4.79 Å². The van der Waals surface area contributed by atoms with E-state index in [4.69, 9.17) is 27.9 Å². The first-order valence-corrected chi connectivity index (χ1v) is 13.8. The number of halogens is 2. The fraction of sp³-hybridized carbons (Fsp3) is 0.148. The zero-order valence-electron chi connectivity index (χ0n) is 20.0. The molecule has 1 heterocycles. The van der Waals surface area contributed by atoms with E-state index in [9.17, 15) is 9.59 Å². The highest BCUT2D eigenvalue weighted by molar-refractivity contribution is 8.00. The number of carbonyl (C=O) groups excluding carboxylic acids is 2. The van der Waals surface area contributed by atoms with Gasteiger partial charge in [-0.05, 0) is 55.0 Å². The van der Waals surface area contributed by atoms with Crippen LogP contribution in [0.3, 0.4) is 0 Å². The first-order chi connectivity index (χ1) is 17.9. The van der Waals surface area contributed by atoms with Crippen LogP contribution in [0.15, 0.2) is 77.0 Å². The highest BCUT2D eigenvalue weighted by Crippen LogP contribution is 2.32. The number of benzene rings is 3. The highest BCUT2D eigenvalue weighted by Gasteiger charge is 2.20. The van der Waals surface area contributed by atoms with Gasteiger partial charge in [-0.1, -0.05) is 48.3 Å². The van der Waals surface area contributed by atoms with E-state index in [2.05, 4.69) is 15.6 Å². The van der Waals surface area contributed by atoms with E-state index in [1.807, 2.05) is 42.6 Å². The number of thiazole rings is 1. The number of hydrogen-bond donors (Lipinski definition) is 2. The summed E-state index contributed by atoms with van der Waals surface area (Å²) in [5.41, 5.74) is 2.66. The summed E-state index contributed by atoms with van der Waals surface area (Å²) >= 11 is 14.9. The summed E-state index contributed by atoms with van der Waals surface area (Å²) in [4.78, 5) is 31.1. The van der Waals surface area contributed by atoms with Crippen LogP contribution in [0.5, 0.6) is 5.75 Å². The van der Waals surface area contributed by atoms with Gasteiger partial charge in [-0.2, -0.15) is 0 Å². The van der Waals surface area contributed by atoms with Gasteiger partial charge in [0.2, 0.25) is 5.91 Å². The number of carbonyl (C=O) groups is 2. The predicted octanol–water partition coefficient (Wildman–Crippen LogP) is 7.89. The topological polar surface area (TPSA) is 80.3 Å². The third kappa shape index (κ3) is 7.05. The molecule has 6 nitrogen and oxygen atoms in total. The van der Waals surface area contributed by atoms with Crippen molar-refractivity contribution in [2.45, 2.75) is 23.5 Å². The minimum Gasteiger partial charge on any atom is -0.497 e. The highest BCUT2D eigenvalue weighted by atomic mass is 35.5. The number of amides is 2. The first kappa shape index (κ1) is 27.0. The standard InChI is InChI=1S/C27H23Cl2N3O3S2/c1-3-24(26(34)32-27-31-23(15-36-27)16-10-11-21(28)22(29)13-16)37-20-9-5-7-18(14-20)30-25(33)17-6-4-8-19(12-17)35-2/h4-15,24H,3H2,1-2H3,(H,30,33)(H,31,32,34). The van der Waals surface area contributed by atoms with E-state index in [1.54, 1.807) is 43.5 Å². The Labute approximate surface area is 233 Å². The Bertz CT molecular complexity index is 1430. The van der Waals surface area contributed by atoms with Crippen LogP contribution in [0.2, 0.25) is 10.0 Å². The molecule has 1 atom stereocenters. The maximum Gasteiger partial charge on any atom is 0.255 e. The number of hydrogen-bond acceptors (Lipinski definition) is 6. The number of nitrogens with one attached hydrogen (secondary N) is 2. The molecular formula is C27H23Cl2N3O3S2. The molecule has 190 valence electrons. The Hall–Kier alpha value is -3.04. The largest absolute Gasteiger partial charge is 0.497 e. The molecule has 1 aromatic heterocycles. The molecule has 0 aliphatic rings. The maximum atomic E-state index is 13.0. The third-order valence-corrected chi connectivity index (χ3v) is 8.17. The first-order valence-electron chi connectivity index (χ1n) is 11.3. The van der Waals surface area contributed by atoms with E-state index in [-0.39, 0.29) is 17.1 Å². The second-order valence-electron chi connectivity index (χ2n) is 7.88. The van der Waals surface area contributed by atoms with Gasteiger partial charge < -0.3 is 15.4 Å². The molecule has 0 aliphatic heterocycles. The zero-order valence-corrected chi connectivity index (χ0v) is 23.1. The number of nitrogens with zero attached hydrogens (tertiary/aromatic N) is 1. The maximum absolute atomic E-state index is 13.0. The monoisotopic (exact) mass is 571 g/mol. The normalized spacial score (nSPS) is 11.6. The summed E-state index contributed by atoms with van der Waals surface area (Å²) in [6, 6.07) is 19.7. The van der Waals surface area contributed by atoms with Crippen molar-refractivity contribution in [2.75, 3.05) is 17.7 Å². The molecule has 0 fully saturated rings. The van der Waals surface area contributed by atoms with Crippen LogP contribution < -0.4 is 15.4 Å². The minimum absolute atomic E-state index is 0.145. The van der Waals surface area contributed by atoms with E-state index in [0.29, 0.717) is 44.3 Å². The molecule has 3 aromatic carbocycles. The van der Waals surface area contributed by atoms with Gasteiger partial charge in [-0.15, -0.1) is 23.1 Å². The molecule has 4 rings (SSSR count). The van der Waals surface area contributed by atoms with Gasteiger partial charge in [0, 0.05) is 27.1 Å². The van der Waals surface area contributed by atoms with Crippen LogP contribution in [0, 0.1) is 0 Å². The molecule has 0 aliphatic carbocycles. The van der Waals surface area contributed by atoms with Crippen LogP contribution in [0.25, 0.3) is 11.3 Å². The second-order valence-corrected chi connectivity index (χ2v) is 10.8. The fourth-order valence-corrected chi connectivity index (χ4v) is 5.44. The van der Waals surface area contributed by atoms with Crippen molar-refractivity contribution in [1.29, 1.82) is 0 Å². The van der Waals surface area contributed by atoms with Crippen molar-refractivity contribution in [2.24, 2.45) is 0 Å².